The Labute approximate surface area is 143 Å². The second-order valence-electron chi connectivity index (χ2n) is 7.36. The lowest BCUT2D eigenvalue weighted by atomic mass is 9.82. The van der Waals surface area contributed by atoms with Crippen LogP contribution in [0.1, 0.15) is 46.1 Å². The maximum Gasteiger partial charge on any atom is 0.232 e. The van der Waals surface area contributed by atoms with Crippen molar-refractivity contribution >= 4 is 11.8 Å². The Morgan fingerprint density at radius 3 is 2.58 bits per heavy atom. The first-order chi connectivity index (χ1) is 11.2. The van der Waals surface area contributed by atoms with Gasteiger partial charge in [-0.25, -0.2) is 4.39 Å². The Balaban J connectivity index is 2.11. The molecule has 1 unspecified atom stereocenters. The number of hydrogen-bond donors (Lipinski definition) is 1. The van der Waals surface area contributed by atoms with Crippen LogP contribution in [0.25, 0.3) is 0 Å². The molecule has 1 aliphatic rings. The highest BCUT2D eigenvalue weighted by Gasteiger charge is 2.37. The van der Waals surface area contributed by atoms with Gasteiger partial charge in [0.25, 0.3) is 0 Å². The van der Waals surface area contributed by atoms with Gasteiger partial charge in [0, 0.05) is 30.6 Å². The molecule has 1 aromatic rings. The largest absolute Gasteiger partial charge is 0.351 e. The highest BCUT2D eigenvalue weighted by Crippen LogP contribution is 2.29. The molecule has 0 bridgehead atoms. The minimum Gasteiger partial charge on any atom is -0.351 e. The molecule has 1 saturated heterocycles. The SMILES string of the molecule is CC(C)C(=O)NC1CCCN(C(=O)C(C)(C)c2ccccc2F)C1. The summed E-state index contributed by atoms with van der Waals surface area (Å²) in [6.07, 6.45) is 1.70. The van der Waals surface area contributed by atoms with Crippen LogP contribution in [0.2, 0.25) is 0 Å². The predicted molar refractivity (Wildman–Crippen MR) is 92.0 cm³/mol. The fourth-order valence-corrected chi connectivity index (χ4v) is 3.13. The molecule has 1 atom stereocenters. The van der Waals surface area contributed by atoms with Gasteiger partial charge in [-0.15, -0.1) is 0 Å². The molecule has 0 aromatic heterocycles. The number of hydrogen-bond acceptors (Lipinski definition) is 2. The van der Waals surface area contributed by atoms with Crippen LogP contribution in [0.4, 0.5) is 4.39 Å². The second-order valence-corrected chi connectivity index (χ2v) is 7.36. The van der Waals surface area contributed by atoms with Crippen molar-refractivity contribution in [1.29, 1.82) is 0 Å². The molecule has 2 amide bonds. The third-order valence-electron chi connectivity index (χ3n) is 4.66. The molecule has 24 heavy (non-hydrogen) atoms. The number of likely N-dealkylation sites (tertiary alicyclic amines) is 1. The highest BCUT2D eigenvalue weighted by atomic mass is 19.1. The standard InChI is InChI=1S/C19H27FN2O2/c1-13(2)17(23)21-14-8-7-11-22(12-14)18(24)19(3,4)15-9-5-6-10-16(15)20/h5-6,9-10,13-14H,7-8,11-12H2,1-4H3,(H,21,23). The summed E-state index contributed by atoms with van der Waals surface area (Å²) in [5, 5.41) is 3.00. The predicted octanol–water partition coefficient (Wildman–Crippen LogP) is 2.87. The van der Waals surface area contributed by atoms with E-state index in [0.29, 0.717) is 18.7 Å². The lowest BCUT2D eigenvalue weighted by molar-refractivity contribution is -0.138. The summed E-state index contributed by atoms with van der Waals surface area (Å²) in [5.74, 6) is -0.540. The van der Waals surface area contributed by atoms with E-state index in [9.17, 15) is 14.0 Å². The maximum atomic E-state index is 14.1. The Hall–Kier alpha value is -1.91. The Morgan fingerprint density at radius 2 is 1.96 bits per heavy atom. The summed E-state index contributed by atoms with van der Waals surface area (Å²) in [4.78, 5) is 26.6. The monoisotopic (exact) mass is 334 g/mol. The number of amides is 2. The summed E-state index contributed by atoms with van der Waals surface area (Å²) in [6, 6.07) is 6.38. The van der Waals surface area contributed by atoms with Crippen LogP contribution in [0.3, 0.4) is 0 Å². The quantitative estimate of drug-likeness (QED) is 0.920. The van der Waals surface area contributed by atoms with Gasteiger partial charge < -0.3 is 10.2 Å². The Kier molecular flexibility index (Phi) is 5.62. The fraction of sp³-hybridized carbons (Fsp3) is 0.579. The topological polar surface area (TPSA) is 49.4 Å². The van der Waals surface area contributed by atoms with Crippen molar-refractivity contribution in [2.45, 2.75) is 52.0 Å². The normalized spacial score (nSPS) is 18.6. The van der Waals surface area contributed by atoms with Gasteiger partial charge in [-0.05, 0) is 32.8 Å². The molecule has 4 nitrogen and oxygen atoms in total. The van der Waals surface area contributed by atoms with Crippen LogP contribution in [0.15, 0.2) is 24.3 Å². The van der Waals surface area contributed by atoms with Gasteiger partial charge >= 0.3 is 0 Å². The molecule has 1 aromatic carbocycles. The van der Waals surface area contributed by atoms with E-state index in [1.807, 2.05) is 13.8 Å². The van der Waals surface area contributed by atoms with Gasteiger partial charge in [0.05, 0.1) is 5.41 Å². The van der Waals surface area contributed by atoms with Crippen molar-refractivity contribution in [3.05, 3.63) is 35.6 Å². The van der Waals surface area contributed by atoms with Crippen LogP contribution in [-0.4, -0.2) is 35.8 Å². The zero-order chi connectivity index (χ0) is 17.9. The average Bonchev–Trinajstić information content (AvgIpc) is 2.54. The van der Waals surface area contributed by atoms with Crippen molar-refractivity contribution < 1.29 is 14.0 Å². The summed E-state index contributed by atoms with van der Waals surface area (Å²) >= 11 is 0. The molecular formula is C19H27FN2O2. The zero-order valence-electron chi connectivity index (χ0n) is 14.9. The van der Waals surface area contributed by atoms with E-state index < -0.39 is 5.41 Å². The number of nitrogens with zero attached hydrogens (tertiary/aromatic N) is 1. The first-order valence-corrected chi connectivity index (χ1v) is 8.58. The van der Waals surface area contributed by atoms with E-state index >= 15 is 0 Å². The van der Waals surface area contributed by atoms with Crippen molar-refractivity contribution in [1.82, 2.24) is 10.2 Å². The van der Waals surface area contributed by atoms with E-state index in [0.717, 1.165) is 12.8 Å². The molecule has 2 rings (SSSR count). The minimum absolute atomic E-state index is 0.00247. The second kappa shape index (κ2) is 7.32. The molecule has 0 aliphatic carbocycles. The molecule has 1 aliphatic heterocycles. The van der Waals surface area contributed by atoms with Crippen LogP contribution in [0, 0.1) is 11.7 Å². The van der Waals surface area contributed by atoms with Gasteiger partial charge in [-0.2, -0.15) is 0 Å². The molecule has 1 fully saturated rings. The van der Waals surface area contributed by atoms with Crippen molar-refractivity contribution in [2.75, 3.05) is 13.1 Å². The molecule has 1 heterocycles. The number of piperidine rings is 1. The van der Waals surface area contributed by atoms with E-state index in [-0.39, 0.29) is 29.6 Å². The smallest absolute Gasteiger partial charge is 0.232 e. The van der Waals surface area contributed by atoms with Gasteiger partial charge in [-0.3, -0.25) is 9.59 Å². The lowest BCUT2D eigenvalue weighted by Crippen LogP contribution is -2.54. The zero-order valence-corrected chi connectivity index (χ0v) is 14.9. The molecule has 132 valence electrons. The lowest BCUT2D eigenvalue weighted by Gasteiger charge is -2.38. The van der Waals surface area contributed by atoms with Crippen molar-refractivity contribution in [2.24, 2.45) is 5.92 Å². The Morgan fingerprint density at radius 1 is 1.29 bits per heavy atom. The molecule has 0 radical (unpaired) electrons. The molecule has 0 spiro atoms. The highest BCUT2D eigenvalue weighted by molar-refractivity contribution is 5.87. The third-order valence-corrected chi connectivity index (χ3v) is 4.66. The van der Waals surface area contributed by atoms with Crippen LogP contribution >= 0.6 is 0 Å². The summed E-state index contributed by atoms with van der Waals surface area (Å²) in [6.45, 7) is 8.33. The van der Waals surface area contributed by atoms with Gasteiger partial charge in [0.15, 0.2) is 0 Å². The number of rotatable bonds is 4. The van der Waals surface area contributed by atoms with Crippen molar-refractivity contribution in [3.8, 4) is 0 Å². The number of halogens is 1. The average molecular weight is 334 g/mol. The van der Waals surface area contributed by atoms with Crippen molar-refractivity contribution in [3.63, 3.8) is 0 Å². The number of nitrogens with one attached hydrogen (secondary N) is 1. The number of benzene rings is 1. The Bertz CT molecular complexity index is 613. The van der Waals surface area contributed by atoms with Crippen LogP contribution in [0.5, 0.6) is 0 Å². The number of carbonyl (C=O) groups excluding carboxylic acids is 2. The van der Waals surface area contributed by atoms with Gasteiger partial charge in [0.2, 0.25) is 11.8 Å². The summed E-state index contributed by atoms with van der Waals surface area (Å²) < 4.78 is 14.1. The summed E-state index contributed by atoms with van der Waals surface area (Å²) in [7, 11) is 0. The van der Waals surface area contributed by atoms with E-state index in [1.165, 1.54) is 6.07 Å². The van der Waals surface area contributed by atoms with Crippen LogP contribution in [-0.2, 0) is 15.0 Å². The summed E-state index contributed by atoms with van der Waals surface area (Å²) in [5.41, 5.74) is -0.529. The fourth-order valence-electron chi connectivity index (χ4n) is 3.13. The maximum absolute atomic E-state index is 14.1. The van der Waals surface area contributed by atoms with Crippen LogP contribution < -0.4 is 5.32 Å². The van der Waals surface area contributed by atoms with E-state index in [2.05, 4.69) is 5.32 Å². The number of carbonyl (C=O) groups is 2. The first-order valence-electron chi connectivity index (χ1n) is 8.58. The van der Waals surface area contributed by atoms with E-state index in [4.69, 9.17) is 0 Å². The third kappa shape index (κ3) is 3.94. The molecule has 1 N–H and O–H groups in total. The first kappa shape index (κ1) is 18.4. The van der Waals surface area contributed by atoms with Gasteiger partial charge in [-0.1, -0.05) is 32.0 Å². The molecular weight excluding hydrogens is 307 g/mol. The van der Waals surface area contributed by atoms with E-state index in [1.54, 1.807) is 36.9 Å². The van der Waals surface area contributed by atoms with Gasteiger partial charge in [0.1, 0.15) is 5.82 Å². The molecule has 5 heteroatoms. The minimum atomic E-state index is -0.935. The molecule has 0 saturated carbocycles.